The zero-order valence-electron chi connectivity index (χ0n) is 14.0. The first kappa shape index (κ1) is 14.2. The van der Waals surface area contributed by atoms with Crippen molar-refractivity contribution in [2.45, 2.75) is 45.1 Å². The minimum atomic E-state index is -0.699. The monoisotopic (exact) mass is 323 g/mol. The predicted octanol–water partition coefficient (Wildman–Crippen LogP) is 3.84. The standard InChI is InChI=1S/C19H21N3O2/c1-10-17(11(2)24-22-10)12-7-16-18(21-8-12)15(9-20-16)19(23,13-3-4-13)14-5-6-14/h7-9,13-14,20,23H,3-6H2,1-2H3. The smallest absolute Gasteiger partial charge is 0.141 e. The van der Waals surface area contributed by atoms with E-state index in [4.69, 9.17) is 9.51 Å². The minimum Gasteiger partial charge on any atom is -0.384 e. The van der Waals surface area contributed by atoms with E-state index in [1.54, 1.807) is 0 Å². The van der Waals surface area contributed by atoms with E-state index in [1.807, 2.05) is 26.2 Å². The minimum absolute atomic E-state index is 0.396. The number of nitrogens with zero attached hydrogens (tertiary/aromatic N) is 2. The Balaban J connectivity index is 1.64. The first-order chi connectivity index (χ1) is 11.6. The molecule has 2 N–H and O–H groups in total. The Labute approximate surface area is 140 Å². The first-order valence-corrected chi connectivity index (χ1v) is 8.72. The summed E-state index contributed by atoms with van der Waals surface area (Å²) in [5.41, 5.74) is 5.00. The third kappa shape index (κ3) is 1.91. The van der Waals surface area contributed by atoms with E-state index >= 15 is 0 Å². The molecule has 0 spiro atoms. The summed E-state index contributed by atoms with van der Waals surface area (Å²) >= 11 is 0. The molecular formula is C19H21N3O2. The molecule has 0 amide bonds. The predicted molar refractivity (Wildman–Crippen MR) is 90.4 cm³/mol. The molecule has 2 aliphatic rings. The maximum atomic E-state index is 11.4. The van der Waals surface area contributed by atoms with E-state index in [-0.39, 0.29) is 0 Å². The van der Waals surface area contributed by atoms with E-state index in [1.165, 1.54) is 0 Å². The number of aryl methyl sites for hydroxylation is 2. The van der Waals surface area contributed by atoms with Crippen molar-refractivity contribution in [3.8, 4) is 11.1 Å². The van der Waals surface area contributed by atoms with E-state index in [2.05, 4.69) is 16.2 Å². The highest BCUT2D eigenvalue weighted by atomic mass is 16.5. The lowest BCUT2D eigenvalue weighted by Crippen LogP contribution is -2.30. The highest BCUT2D eigenvalue weighted by Crippen LogP contribution is 2.58. The fourth-order valence-electron chi connectivity index (χ4n) is 4.16. The van der Waals surface area contributed by atoms with Crippen LogP contribution in [-0.4, -0.2) is 20.2 Å². The van der Waals surface area contributed by atoms with Gasteiger partial charge in [0.05, 0.1) is 22.3 Å². The Bertz CT molecular complexity index is 900. The second-order valence-corrected chi connectivity index (χ2v) is 7.40. The van der Waals surface area contributed by atoms with Crippen molar-refractivity contribution < 1.29 is 9.63 Å². The number of nitrogens with one attached hydrogen (secondary N) is 1. The molecule has 5 rings (SSSR count). The second kappa shape index (κ2) is 4.70. The SMILES string of the molecule is Cc1noc(C)c1-c1cnc2c(C(O)(C3CC3)C3CC3)c[nH]c2c1. The van der Waals surface area contributed by atoms with Gasteiger partial charge in [0, 0.05) is 29.1 Å². The molecule has 2 fully saturated rings. The van der Waals surface area contributed by atoms with Crippen LogP contribution in [0.1, 0.15) is 42.7 Å². The molecule has 0 atom stereocenters. The van der Waals surface area contributed by atoms with Crippen LogP contribution in [-0.2, 0) is 5.60 Å². The summed E-state index contributed by atoms with van der Waals surface area (Å²) in [5, 5.41) is 15.4. The second-order valence-electron chi connectivity index (χ2n) is 7.40. The van der Waals surface area contributed by atoms with Crippen LogP contribution in [0.3, 0.4) is 0 Å². The molecule has 2 aliphatic carbocycles. The summed E-state index contributed by atoms with van der Waals surface area (Å²) in [5.74, 6) is 1.59. The number of fused-ring (bicyclic) bond motifs is 1. The summed E-state index contributed by atoms with van der Waals surface area (Å²) in [6, 6.07) is 2.08. The van der Waals surface area contributed by atoms with E-state index in [0.29, 0.717) is 11.8 Å². The summed E-state index contributed by atoms with van der Waals surface area (Å²) in [6.07, 6.45) is 8.32. The van der Waals surface area contributed by atoms with Crippen LogP contribution in [0.4, 0.5) is 0 Å². The van der Waals surface area contributed by atoms with Gasteiger partial charge in [-0.05, 0) is 57.4 Å². The number of hydrogen-bond donors (Lipinski definition) is 2. The number of aromatic amines is 1. The average molecular weight is 323 g/mol. The third-order valence-corrected chi connectivity index (χ3v) is 5.67. The molecule has 5 heteroatoms. The molecule has 5 nitrogen and oxygen atoms in total. The van der Waals surface area contributed by atoms with Crippen LogP contribution in [0.2, 0.25) is 0 Å². The number of pyridine rings is 1. The van der Waals surface area contributed by atoms with Gasteiger partial charge in [-0.25, -0.2) is 0 Å². The van der Waals surface area contributed by atoms with Gasteiger partial charge < -0.3 is 14.6 Å². The van der Waals surface area contributed by atoms with Crippen molar-refractivity contribution in [2.75, 3.05) is 0 Å². The number of aliphatic hydroxyl groups is 1. The van der Waals surface area contributed by atoms with Gasteiger partial charge in [-0.1, -0.05) is 5.16 Å². The Kier molecular flexibility index (Phi) is 2.78. The van der Waals surface area contributed by atoms with Crippen LogP contribution >= 0.6 is 0 Å². The molecule has 3 aromatic rings. The number of H-pyrrole nitrogens is 1. The van der Waals surface area contributed by atoms with Gasteiger partial charge >= 0.3 is 0 Å². The molecule has 3 aromatic heterocycles. The summed E-state index contributed by atoms with van der Waals surface area (Å²) in [6.45, 7) is 3.85. The molecule has 0 unspecified atom stereocenters. The first-order valence-electron chi connectivity index (χ1n) is 8.72. The van der Waals surface area contributed by atoms with Gasteiger partial charge in [0.15, 0.2) is 0 Å². The molecule has 24 heavy (non-hydrogen) atoms. The molecular weight excluding hydrogens is 302 g/mol. The third-order valence-electron chi connectivity index (χ3n) is 5.67. The Morgan fingerprint density at radius 2 is 1.92 bits per heavy atom. The Morgan fingerprint density at radius 1 is 1.21 bits per heavy atom. The zero-order chi connectivity index (χ0) is 16.5. The molecule has 0 aliphatic heterocycles. The van der Waals surface area contributed by atoms with E-state index in [9.17, 15) is 5.11 Å². The van der Waals surface area contributed by atoms with Crippen molar-refractivity contribution in [3.05, 3.63) is 35.5 Å². The van der Waals surface area contributed by atoms with Crippen LogP contribution < -0.4 is 0 Å². The maximum Gasteiger partial charge on any atom is 0.141 e. The van der Waals surface area contributed by atoms with Crippen LogP contribution in [0.25, 0.3) is 22.2 Å². The van der Waals surface area contributed by atoms with E-state index in [0.717, 1.165) is 64.9 Å². The quantitative estimate of drug-likeness (QED) is 0.765. The number of aromatic nitrogens is 3. The average Bonchev–Trinajstić information content (AvgIpc) is 3.48. The highest BCUT2D eigenvalue weighted by molar-refractivity contribution is 5.85. The summed E-state index contributed by atoms with van der Waals surface area (Å²) in [4.78, 5) is 8.03. The lowest BCUT2D eigenvalue weighted by Gasteiger charge is -2.27. The van der Waals surface area contributed by atoms with Gasteiger partial charge in [0.2, 0.25) is 0 Å². The van der Waals surface area contributed by atoms with Gasteiger partial charge in [-0.15, -0.1) is 0 Å². The zero-order valence-corrected chi connectivity index (χ0v) is 14.0. The normalized spacial score (nSPS) is 18.5. The number of hydrogen-bond acceptors (Lipinski definition) is 4. The fraction of sp³-hybridized carbons (Fsp3) is 0.474. The lowest BCUT2D eigenvalue weighted by atomic mass is 9.85. The van der Waals surface area contributed by atoms with Gasteiger partial charge in [0.25, 0.3) is 0 Å². The largest absolute Gasteiger partial charge is 0.384 e. The lowest BCUT2D eigenvalue weighted by molar-refractivity contribution is -0.00891. The molecule has 0 aromatic carbocycles. The molecule has 0 bridgehead atoms. The van der Waals surface area contributed by atoms with Crippen molar-refractivity contribution in [1.29, 1.82) is 0 Å². The molecule has 0 saturated heterocycles. The summed E-state index contributed by atoms with van der Waals surface area (Å²) in [7, 11) is 0. The summed E-state index contributed by atoms with van der Waals surface area (Å²) < 4.78 is 5.27. The molecule has 2 saturated carbocycles. The van der Waals surface area contributed by atoms with Gasteiger partial charge in [-0.3, -0.25) is 4.98 Å². The Morgan fingerprint density at radius 3 is 2.50 bits per heavy atom. The van der Waals surface area contributed by atoms with Crippen molar-refractivity contribution in [1.82, 2.24) is 15.1 Å². The topological polar surface area (TPSA) is 74.9 Å². The van der Waals surface area contributed by atoms with Crippen molar-refractivity contribution >= 4 is 11.0 Å². The van der Waals surface area contributed by atoms with Crippen LogP contribution in [0, 0.1) is 25.7 Å². The fourth-order valence-corrected chi connectivity index (χ4v) is 4.16. The maximum absolute atomic E-state index is 11.4. The van der Waals surface area contributed by atoms with Crippen LogP contribution in [0.5, 0.6) is 0 Å². The van der Waals surface area contributed by atoms with Crippen molar-refractivity contribution in [2.24, 2.45) is 11.8 Å². The number of rotatable bonds is 4. The van der Waals surface area contributed by atoms with Gasteiger partial charge in [-0.2, -0.15) is 0 Å². The van der Waals surface area contributed by atoms with E-state index < -0.39 is 5.60 Å². The van der Waals surface area contributed by atoms with Crippen LogP contribution in [0.15, 0.2) is 23.0 Å². The molecule has 0 radical (unpaired) electrons. The molecule has 124 valence electrons. The highest BCUT2D eigenvalue weighted by Gasteiger charge is 2.55. The van der Waals surface area contributed by atoms with Gasteiger partial charge in [0.1, 0.15) is 5.76 Å². The Hall–Kier alpha value is -2.14. The molecule has 3 heterocycles. The van der Waals surface area contributed by atoms with Crippen molar-refractivity contribution in [3.63, 3.8) is 0 Å².